The Morgan fingerprint density at radius 3 is 2.29 bits per heavy atom. The Morgan fingerprint density at radius 2 is 1.64 bits per heavy atom. The number of aryl methyl sites for hydroxylation is 1. The number of halogens is 1. The fourth-order valence-corrected chi connectivity index (χ4v) is 3.35. The number of benzene rings is 1. The molecule has 1 heterocycles. The minimum absolute atomic E-state index is 0.0896. The highest BCUT2D eigenvalue weighted by Crippen LogP contribution is 2.21. The van der Waals surface area contributed by atoms with Gasteiger partial charge in [0.25, 0.3) is 0 Å². The molecule has 0 saturated carbocycles. The average Bonchev–Trinajstić information content (AvgIpc) is 2.69. The van der Waals surface area contributed by atoms with Gasteiger partial charge >= 0.3 is 0 Å². The lowest BCUT2D eigenvalue weighted by Gasteiger charge is -2.12. The maximum absolute atomic E-state index is 13.7. The van der Waals surface area contributed by atoms with Crippen LogP contribution < -0.4 is 4.74 Å². The van der Waals surface area contributed by atoms with Crippen LogP contribution in [-0.4, -0.2) is 17.8 Å². The first kappa shape index (κ1) is 22.4. The van der Waals surface area contributed by atoms with Crippen LogP contribution >= 0.6 is 0 Å². The smallest absolute Gasteiger partial charge is 0.137 e. The number of hydrogen-bond acceptors (Lipinski definition) is 2. The van der Waals surface area contributed by atoms with E-state index in [0.29, 0.717) is 18.1 Å². The van der Waals surface area contributed by atoms with Gasteiger partial charge in [0.15, 0.2) is 0 Å². The van der Waals surface area contributed by atoms with E-state index >= 15 is 0 Å². The number of unbranched alkanes of at least 4 members (excludes halogenated alkanes) is 5. The summed E-state index contributed by atoms with van der Waals surface area (Å²) >= 11 is 0. The summed E-state index contributed by atoms with van der Waals surface area (Å²) in [6.07, 6.45) is 10.4. The highest BCUT2D eigenvalue weighted by molar-refractivity contribution is 5.59. The number of alkyl halides is 1. The van der Waals surface area contributed by atoms with Gasteiger partial charge in [-0.25, -0.2) is 4.39 Å². The maximum atomic E-state index is 13.7. The molecule has 1 aromatic carbocycles. The van der Waals surface area contributed by atoms with Crippen molar-refractivity contribution in [3.63, 3.8) is 0 Å². The molecule has 28 heavy (non-hydrogen) atoms. The van der Waals surface area contributed by atoms with Crippen molar-refractivity contribution >= 4 is 0 Å². The van der Waals surface area contributed by atoms with E-state index < -0.39 is 6.17 Å². The van der Waals surface area contributed by atoms with Crippen LogP contribution in [-0.2, 0) is 6.42 Å². The molecule has 0 aliphatic rings. The van der Waals surface area contributed by atoms with Crippen molar-refractivity contribution in [2.45, 2.75) is 78.3 Å². The van der Waals surface area contributed by atoms with Crippen LogP contribution in [0, 0.1) is 5.92 Å². The molecule has 1 atom stereocenters. The summed E-state index contributed by atoms with van der Waals surface area (Å²) in [5.74, 6) is 0.956. The molecule has 1 unspecified atom stereocenters. The molecule has 0 aliphatic carbocycles. The van der Waals surface area contributed by atoms with Crippen molar-refractivity contribution in [1.82, 2.24) is 4.98 Å². The van der Waals surface area contributed by atoms with E-state index in [-0.39, 0.29) is 6.61 Å². The van der Waals surface area contributed by atoms with Gasteiger partial charge in [-0.3, -0.25) is 4.98 Å². The first-order chi connectivity index (χ1) is 13.6. The predicted octanol–water partition coefficient (Wildman–Crippen LogP) is 7.41. The second-order valence-corrected chi connectivity index (χ2v) is 8.13. The Kier molecular flexibility index (Phi) is 10.0. The molecule has 2 nitrogen and oxygen atoms in total. The molecule has 1 aromatic heterocycles. The van der Waals surface area contributed by atoms with Gasteiger partial charge in [0.2, 0.25) is 0 Å². The van der Waals surface area contributed by atoms with Gasteiger partial charge in [-0.05, 0) is 42.9 Å². The van der Waals surface area contributed by atoms with Crippen LogP contribution in [0.15, 0.2) is 42.6 Å². The van der Waals surface area contributed by atoms with Crippen LogP contribution in [0.3, 0.4) is 0 Å². The summed E-state index contributed by atoms with van der Waals surface area (Å²) in [4.78, 5) is 4.47. The zero-order valence-electron chi connectivity index (χ0n) is 17.8. The van der Waals surface area contributed by atoms with Gasteiger partial charge < -0.3 is 4.74 Å². The van der Waals surface area contributed by atoms with Crippen LogP contribution in [0.4, 0.5) is 4.39 Å². The second kappa shape index (κ2) is 12.5. The highest BCUT2D eigenvalue weighted by Gasteiger charge is 2.10. The van der Waals surface area contributed by atoms with Crippen molar-refractivity contribution in [3.8, 4) is 17.0 Å². The fraction of sp³-hybridized carbons (Fsp3) is 0.560. The largest absolute Gasteiger partial charge is 0.489 e. The summed E-state index contributed by atoms with van der Waals surface area (Å²) in [7, 11) is 0. The minimum Gasteiger partial charge on any atom is -0.489 e. The van der Waals surface area contributed by atoms with E-state index in [1.165, 1.54) is 44.1 Å². The second-order valence-electron chi connectivity index (χ2n) is 8.13. The minimum atomic E-state index is -0.932. The molecule has 0 radical (unpaired) electrons. The normalized spacial score (nSPS) is 12.3. The van der Waals surface area contributed by atoms with E-state index in [2.05, 4.69) is 36.2 Å². The molecule has 2 aromatic rings. The first-order valence-corrected chi connectivity index (χ1v) is 10.9. The average molecular weight is 386 g/mol. The summed E-state index contributed by atoms with van der Waals surface area (Å²) in [5.41, 5.74) is 3.40. The Bertz CT molecular complexity index is 651. The molecule has 154 valence electrons. The number of rotatable bonds is 13. The molecule has 3 heteroatoms. The lowest BCUT2D eigenvalue weighted by Crippen LogP contribution is -2.15. The van der Waals surface area contributed by atoms with E-state index in [0.717, 1.165) is 17.7 Å². The molecule has 0 amide bonds. The number of ether oxygens (including phenoxy) is 1. The molecule has 0 saturated heterocycles. The standard InChI is InChI=1S/C25H36FNO/c1-4-5-6-7-8-9-10-21-11-13-22(14-12-21)25-16-15-24(18-27-25)28-19-23(26)17-20(2)3/h11-16,18,20,23H,4-10,17,19H2,1-3H3. The first-order valence-electron chi connectivity index (χ1n) is 10.9. The van der Waals surface area contributed by atoms with Crippen molar-refractivity contribution in [3.05, 3.63) is 48.2 Å². The van der Waals surface area contributed by atoms with E-state index in [1.807, 2.05) is 26.0 Å². The van der Waals surface area contributed by atoms with Gasteiger partial charge in [-0.2, -0.15) is 0 Å². The van der Waals surface area contributed by atoms with Crippen LogP contribution in [0.5, 0.6) is 5.75 Å². The monoisotopic (exact) mass is 385 g/mol. The van der Waals surface area contributed by atoms with Gasteiger partial charge in [0.1, 0.15) is 18.5 Å². The SMILES string of the molecule is CCCCCCCCc1ccc(-c2ccc(OCC(F)CC(C)C)cn2)cc1. The zero-order valence-corrected chi connectivity index (χ0v) is 17.8. The Morgan fingerprint density at radius 1 is 0.929 bits per heavy atom. The third-order valence-corrected chi connectivity index (χ3v) is 4.96. The Balaban J connectivity index is 1.78. The molecular formula is C25H36FNO. The Hall–Kier alpha value is -1.90. The highest BCUT2D eigenvalue weighted by atomic mass is 19.1. The van der Waals surface area contributed by atoms with Crippen LogP contribution in [0.1, 0.15) is 71.3 Å². The maximum Gasteiger partial charge on any atom is 0.137 e. The lowest BCUT2D eigenvalue weighted by atomic mass is 10.0. The van der Waals surface area contributed by atoms with Crippen LogP contribution in [0.2, 0.25) is 0 Å². The summed E-state index contributed by atoms with van der Waals surface area (Å²) in [5, 5.41) is 0. The van der Waals surface area contributed by atoms with E-state index in [4.69, 9.17) is 4.74 Å². The topological polar surface area (TPSA) is 22.1 Å². The molecule has 0 fully saturated rings. The Labute approximate surface area is 170 Å². The zero-order chi connectivity index (χ0) is 20.2. The number of nitrogens with zero attached hydrogens (tertiary/aromatic N) is 1. The van der Waals surface area contributed by atoms with Crippen molar-refractivity contribution in [1.29, 1.82) is 0 Å². The van der Waals surface area contributed by atoms with Gasteiger partial charge in [-0.15, -0.1) is 0 Å². The van der Waals surface area contributed by atoms with Gasteiger partial charge in [0.05, 0.1) is 11.9 Å². The van der Waals surface area contributed by atoms with E-state index in [1.54, 1.807) is 6.20 Å². The number of pyridine rings is 1. The summed E-state index contributed by atoms with van der Waals surface area (Å²) in [6, 6.07) is 12.5. The quantitative estimate of drug-likeness (QED) is 0.335. The van der Waals surface area contributed by atoms with Gasteiger partial charge in [-0.1, -0.05) is 77.1 Å². The molecular weight excluding hydrogens is 349 g/mol. The lowest BCUT2D eigenvalue weighted by molar-refractivity contribution is 0.173. The summed E-state index contributed by atoms with van der Waals surface area (Å²) < 4.78 is 19.3. The van der Waals surface area contributed by atoms with Crippen LogP contribution in [0.25, 0.3) is 11.3 Å². The number of aromatic nitrogens is 1. The molecule has 0 N–H and O–H groups in total. The van der Waals surface area contributed by atoms with Crippen molar-refractivity contribution in [2.24, 2.45) is 5.92 Å². The predicted molar refractivity (Wildman–Crippen MR) is 117 cm³/mol. The summed E-state index contributed by atoms with van der Waals surface area (Å²) in [6.45, 7) is 6.38. The van der Waals surface area contributed by atoms with E-state index in [9.17, 15) is 4.39 Å². The third-order valence-electron chi connectivity index (χ3n) is 4.96. The van der Waals surface area contributed by atoms with Crippen molar-refractivity contribution < 1.29 is 9.13 Å². The molecule has 0 aliphatic heterocycles. The fourth-order valence-electron chi connectivity index (χ4n) is 3.35. The van der Waals surface area contributed by atoms with Gasteiger partial charge in [0, 0.05) is 5.56 Å². The molecule has 2 rings (SSSR count). The van der Waals surface area contributed by atoms with Crippen molar-refractivity contribution in [2.75, 3.05) is 6.61 Å². The molecule has 0 spiro atoms. The molecule has 0 bridgehead atoms. The number of hydrogen-bond donors (Lipinski definition) is 0. The third kappa shape index (κ3) is 8.41.